The summed E-state index contributed by atoms with van der Waals surface area (Å²) in [4.78, 5) is 18.6. The number of likely N-dealkylation sites (tertiary alicyclic amines) is 1. The predicted molar refractivity (Wildman–Crippen MR) is 96.0 cm³/mol. The van der Waals surface area contributed by atoms with E-state index < -0.39 is 5.82 Å². The van der Waals surface area contributed by atoms with Crippen LogP contribution in [0.4, 0.5) is 4.39 Å². The summed E-state index contributed by atoms with van der Waals surface area (Å²) < 4.78 is 15.2. The van der Waals surface area contributed by atoms with Crippen LogP contribution in [0.5, 0.6) is 0 Å². The van der Waals surface area contributed by atoms with E-state index in [0.717, 1.165) is 25.6 Å². The number of halogens is 1. The molecular weight excluding hydrogens is 321 g/mol. The molecule has 0 radical (unpaired) electrons. The largest absolute Gasteiger partial charge is 0.391 e. The zero-order valence-corrected chi connectivity index (χ0v) is 15.1. The molecule has 1 fully saturated rings. The molecule has 2 aromatic heterocycles. The summed E-state index contributed by atoms with van der Waals surface area (Å²) in [6, 6.07) is 4.49. The van der Waals surface area contributed by atoms with E-state index in [0.29, 0.717) is 24.1 Å². The molecule has 136 valence electrons. The Labute approximate surface area is 147 Å². The molecule has 0 aliphatic carbocycles. The molecule has 1 aliphatic heterocycles. The fourth-order valence-electron chi connectivity index (χ4n) is 4.02. The number of hydrogen-bond donors (Lipinski definition) is 1. The van der Waals surface area contributed by atoms with Crippen molar-refractivity contribution in [2.75, 3.05) is 13.1 Å². The summed E-state index contributed by atoms with van der Waals surface area (Å²) >= 11 is 0. The molecule has 25 heavy (non-hydrogen) atoms. The molecule has 6 heteroatoms. The number of piperidine rings is 1. The minimum absolute atomic E-state index is 0.0433. The second-order valence-electron chi connectivity index (χ2n) is 7.94. The SMILES string of the molecule is CC(C)(C)C1[C@H](O)CCCN1CCn1c(=O)ccc2ncc(F)cc21. The average molecular weight is 347 g/mol. The quantitative estimate of drug-likeness (QED) is 0.926. The molecule has 1 N–H and O–H groups in total. The lowest BCUT2D eigenvalue weighted by Crippen LogP contribution is -2.55. The van der Waals surface area contributed by atoms with Gasteiger partial charge in [-0.1, -0.05) is 20.8 Å². The van der Waals surface area contributed by atoms with Gasteiger partial charge in [-0.05, 0) is 30.9 Å². The van der Waals surface area contributed by atoms with Gasteiger partial charge in [0.15, 0.2) is 0 Å². The number of pyridine rings is 2. The Morgan fingerprint density at radius 3 is 2.80 bits per heavy atom. The standard InChI is InChI=1S/C19H26FN3O2/c1-19(2,3)18-16(24)5-4-8-22(18)9-10-23-15-11-13(20)12-21-14(15)6-7-17(23)25/h6-7,11-12,16,18,24H,4-5,8-10H2,1-3H3/t16-,18?/m1/s1. The van der Waals surface area contributed by atoms with E-state index in [2.05, 4.69) is 30.7 Å². The van der Waals surface area contributed by atoms with Crippen LogP contribution in [0.1, 0.15) is 33.6 Å². The molecule has 0 saturated carbocycles. The van der Waals surface area contributed by atoms with Crippen LogP contribution in [0.15, 0.2) is 29.2 Å². The average Bonchev–Trinajstić information content (AvgIpc) is 2.52. The van der Waals surface area contributed by atoms with E-state index >= 15 is 0 Å². The summed E-state index contributed by atoms with van der Waals surface area (Å²) in [5, 5.41) is 10.5. The normalized spacial score (nSPS) is 22.4. The summed E-state index contributed by atoms with van der Waals surface area (Å²) in [7, 11) is 0. The van der Waals surface area contributed by atoms with E-state index in [-0.39, 0.29) is 23.1 Å². The maximum absolute atomic E-state index is 13.6. The van der Waals surface area contributed by atoms with Gasteiger partial charge in [0.2, 0.25) is 0 Å². The van der Waals surface area contributed by atoms with Gasteiger partial charge in [0.1, 0.15) is 5.82 Å². The molecule has 3 rings (SSSR count). The molecule has 1 aliphatic rings. The number of nitrogens with zero attached hydrogens (tertiary/aromatic N) is 3. The molecule has 2 aromatic rings. The number of aliphatic hydroxyl groups is 1. The van der Waals surface area contributed by atoms with Crippen LogP contribution in [0.25, 0.3) is 11.0 Å². The molecule has 0 bridgehead atoms. The van der Waals surface area contributed by atoms with Crippen molar-refractivity contribution < 1.29 is 9.50 Å². The lowest BCUT2D eigenvalue weighted by molar-refractivity contribution is -0.0418. The van der Waals surface area contributed by atoms with E-state index in [1.54, 1.807) is 10.6 Å². The first-order valence-corrected chi connectivity index (χ1v) is 8.84. The first kappa shape index (κ1) is 18.0. The van der Waals surface area contributed by atoms with Gasteiger partial charge in [-0.3, -0.25) is 14.7 Å². The van der Waals surface area contributed by atoms with Crippen molar-refractivity contribution in [2.24, 2.45) is 5.41 Å². The first-order chi connectivity index (χ1) is 11.8. The second-order valence-corrected chi connectivity index (χ2v) is 7.94. The minimum atomic E-state index is -0.451. The predicted octanol–water partition coefficient (Wildman–Crippen LogP) is 2.41. The Bertz CT molecular complexity index is 812. The van der Waals surface area contributed by atoms with Crippen molar-refractivity contribution >= 4 is 11.0 Å². The molecule has 1 unspecified atom stereocenters. The van der Waals surface area contributed by atoms with Gasteiger partial charge in [-0.25, -0.2) is 4.39 Å². The summed E-state index contributed by atoms with van der Waals surface area (Å²) in [5.74, 6) is -0.451. The van der Waals surface area contributed by atoms with Crippen LogP contribution >= 0.6 is 0 Å². The summed E-state index contributed by atoms with van der Waals surface area (Å²) in [6.45, 7) is 8.36. The van der Waals surface area contributed by atoms with E-state index in [1.807, 2.05) is 0 Å². The van der Waals surface area contributed by atoms with Crippen molar-refractivity contribution in [1.82, 2.24) is 14.5 Å². The fourth-order valence-corrected chi connectivity index (χ4v) is 4.02. The Morgan fingerprint density at radius 2 is 2.08 bits per heavy atom. The topological polar surface area (TPSA) is 58.4 Å². The van der Waals surface area contributed by atoms with Crippen LogP contribution in [0.3, 0.4) is 0 Å². The van der Waals surface area contributed by atoms with Crippen LogP contribution < -0.4 is 5.56 Å². The molecule has 2 atom stereocenters. The zero-order chi connectivity index (χ0) is 18.2. The highest BCUT2D eigenvalue weighted by atomic mass is 19.1. The first-order valence-electron chi connectivity index (χ1n) is 8.84. The van der Waals surface area contributed by atoms with Gasteiger partial charge in [-0.15, -0.1) is 0 Å². The van der Waals surface area contributed by atoms with Gasteiger partial charge >= 0.3 is 0 Å². The zero-order valence-electron chi connectivity index (χ0n) is 15.1. The fraction of sp³-hybridized carbons (Fsp3) is 0.579. The van der Waals surface area contributed by atoms with Crippen LogP contribution in [-0.2, 0) is 6.54 Å². The third-order valence-electron chi connectivity index (χ3n) is 5.01. The van der Waals surface area contributed by atoms with Crippen LogP contribution in [-0.4, -0.2) is 44.8 Å². The van der Waals surface area contributed by atoms with Crippen molar-refractivity contribution in [3.05, 3.63) is 40.6 Å². The Hall–Kier alpha value is -1.79. The van der Waals surface area contributed by atoms with Gasteiger partial charge in [0, 0.05) is 31.3 Å². The van der Waals surface area contributed by atoms with E-state index in [4.69, 9.17) is 0 Å². The smallest absolute Gasteiger partial charge is 0.251 e. The molecule has 0 amide bonds. The number of aromatic nitrogens is 2. The highest BCUT2D eigenvalue weighted by molar-refractivity contribution is 5.74. The summed E-state index contributed by atoms with van der Waals surface area (Å²) in [5.41, 5.74) is 0.895. The van der Waals surface area contributed by atoms with Gasteiger partial charge < -0.3 is 9.67 Å². The lowest BCUT2D eigenvalue weighted by Gasteiger charge is -2.46. The monoisotopic (exact) mass is 347 g/mol. The maximum Gasteiger partial charge on any atom is 0.251 e. The second kappa shape index (κ2) is 6.84. The lowest BCUT2D eigenvalue weighted by atomic mass is 9.79. The molecule has 0 spiro atoms. The Balaban J connectivity index is 1.88. The van der Waals surface area contributed by atoms with E-state index in [1.165, 1.54) is 12.1 Å². The number of fused-ring (bicyclic) bond motifs is 1. The maximum atomic E-state index is 13.6. The third kappa shape index (κ3) is 3.75. The van der Waals surface area contributed by atoms with Crippen molar-refractivity contribution in [3.8, 4) is 0 Å². The van der Waals surface area contributed by atoms with Crippen molar-refractivity contribution in [1.29, 1.82) is 0 Å². The molecule has 1 saturated heterocycles. The third-order valence-corrected chi connectivity index (χ3v) is 5.01. The highest BCUT2D eigenvalue weighted by Crippen LogP contribution is 2.32. The highest BCUT2D eigenvalue weighted by Gasteiger charge is 2.38. The number of rotatable bonds is 3. The van der Waals surface area contributed by atoms with Crippen LogP contribution in [0.2, 0.25) is 0 Å². The molecule has 3 heterocycles. The molecule has 0 aromatic carbocycles. The molecule has 5 nitrogen and oxygen atoms in total. The minimum Gasteiger partial charge on any atom is -0.391 e. The number of aliphatic hydroxyl groups excluding tert-OH is 1. The number of hydrogen-bond acceptors (Lipinski definition) is 4. The van der Waals surface area contributed by atoms with Crippen molar-refractivity contribution in [3.63, 3.8) is 0 Å². The van der Waals surface area contributed by atoms with Crippen molar-refractivity contribution in [2.45, 2.75) is 52.3 Å². The van der Waals surface area contributed by atoms with Gasteiger partial charge in [0.25, 0.3) is 5.56 Å². The van der Waals surface area contributed by atoms with Gasteiger partial charge in [-0.2, -0.15) is 0 Å². The summed E-state index contributed by atoms with van der Waals surface area (Å²) in [6.07, 6.45) is 2.54. The Kier molecular flexibility index (Phi) is 4.93. The van der Waals surface area contributed by atoms with E-state index in [9.17, 15) is 14.3 Å². The van der Waals surface area contributed by atoms with Gasteiger partial charge in [0.05, 0.1) is 23.3 Å². The van der Waals surface area contributed by atoms with Crippen LogP contribution in [0, 0.1) is 11.2 Å². The Morgan fingerprint density at radius 1 is 1.32 bits per heavy atom. The molecular formula is C19H26FN3O2.